The molecule has 0 bridgehead atoms. The van der Waals surface area contributed by atoms with Gasteiger partial charge in [-0.15, -0.1) is 0 Å². The van der Waals surface area contributed by atoms with E-state index in [1.807, 2.05) is 0 Å². The maximum Gasteiger partial charge on any atom is 0.000661 e. The molecule has 1 aliphatic carbocycles. The molecule has 0 heterocycles. The van der Waals surface area contributed by atoms with E-state index in [9.17, 15) is 0 Å². The monoisotopic (exact) mass is 243 g/mol. The minimum Gasteiger partial charge on any atom is -0.306 e. The zero-order chi connectivity index (χ0) is 11.8. The van der Waals surface area contributed by atoms with Crippen LogP contribution in [0.5, 0.6) is 0 Å². The van der Waals surface area contributed by atoms with Crippen molar-refractivity contribution in [1.29, 1.82) is 0 Å². The van der Waals surface area contributed by atoms with Gasteiger partial charge < -0.3 is 4.90 Å². The van der Waals surface area contributed by atoms with E-state index in [1.54, 1.807) is 0 Å². The fourth-order valence-electron chi connectivity index (χ4n) is 2.71. The van der Waals surface area contributed by atoms with Crippen LogP contribution in [0.15, 0.2) is 0 Å². The molecule has 2 heteroatoms. The highest BCUT2D eigenvalue weighted by atomic mass is 32.1. The van der Waals surface area contributed by atoms with Gasteiger partial charge >= 0.3 is 0 Å². The number of hydrogen-bond acceptors (Lipinski definition) is 2. The van der Waals surface area contributed by atoms with Crippen LogP contribution in [0.4, 0.5) is 0 Å². The van der Waals surface area contributed by atoms with Crippen molar-refractivity contribution in [2.45, 2.75) is 51.9 Å². The zero-order valence-electron chi connectivity index (χ0n) is 11.1. The van der Waals surface area contributed by atoms with Gasteiger partial charge in [0.05, 0.1) is 0 Å². The minimum atomic E-state index is 0.839. The molecule has 1 aliphatic rings. The first-order chi connectivity index (χ1) is 7.72. The Morgan fingerprint density at radius 1 is 1.19 bits per heavy atom. The summed E-state index contributed by atoms with van der Waals surface area (Å²) in [6, 6.07) is 0. The SMILES string of the molecule is CC(CCS)CCN(C)CC1CCCCC1. The lowest BCUT2D eigenvalue weighted by Gasteiger charge is -2.27. The van der Waals surface area contributed by atoms with Gasteiger partial charge in [-0.1, -0.05) is 26.2 Å². The minimum absolute atomic E-state index is 0.839. The zero-order valence-corrected chi connectivity index (χ0v) is 12.0. The maximum absolute atomic E-state index is 4.30. The molecule has 0 radical (unpaired) electrons. The van der Waals surface area contributed by atoms with Crippen LogP contribution >= 0.6 is 12.6 Å². The Morgan fingerprint density at radius 2 is 1.88 bits per heavy atom. The average Bonchev–Trinajstić information content (AvgIpc) is 2.28. The molecule has 0 amide bonds. The third-order valence-corrected chi connectivity index (χ3v) is 4.18. The van der Waals surface area contributed by atoms with Crippen LogP contribution in [0.25, 0.3) is 0 Å². The fourth-order valence-corrected chi connectivity index (χ4v) is 3.15. The third kappa shape index (κ3) is 6.15. The Hall–Kier alpha value is 0.310. The Kier molecular flexibility index (Phi) is 7.55. The van der Waals surface area contributed by atoms with Gasteiger partial charge in [0.25, 0.3) is 0 Å². The van der Waals surface area contributed by atoms with Crippen LogP contribution in [0, 0.1) is 11.8 Å². The molecule has 1 fully saturated rings. The van der Waals surface area contributed by atoms with Crippen molar-refractivity contribution in [3.8, 4) is 0 Å². The van der Waals surface area contributed by atoms with Gasteiger partial charge in [0.15, 0.2) is 0 Å². The molecular formula is C14H29NS. The van der Waals surface area contributed by atoms with Crippen molar-refractivity contribution in [1.82, 2.24) is 4.90 Å². The second-order valence-electron chi connectivity index (χ2n) is 5.67. The summed E-state index contributed by atoms with van der Waals surface area (Å²) >= 11 is 4.30. The summed E-state index contributed by atoms with van der Waals surface area (Å²) in [6.07, 6.45) is 9.94. The lowest BCUT2D eigenvalue weighted by molar-refractivity contribution is 0.223. The van der Waals surface area contributed by atoms with Crippen LogP contribution in [0.3, 0.4) is 0 Å². The predicted molar refractivity (Wildman–Crippen MR) is 76.3 cm³/mol. The Bertz CT molecular complexity index is 166. The van der Waals surface area contributed by atoms with Crippen LogP contribution in [0.2, 0.25) is 0 Å². The molecule has 0 aromatic heterocycles. The summed E-state index contributed by atoms with van der Waals surface area (Å²) in [5.41, 5.74) is 0. The highest BCUT2D eigenvalue weighted by Gasteiger charge is 2.15. The molecule has 1 atom stereocenters. The molecule has 0 saturated heterocycles. The van der Waals surface area contributed by atoms with E-state index in [0.717, 1.165) is 17.6 Å². The molecule has 0 spiro atoms. The molecule has 16 heavy (non-hydrogen) atoms. The molecule has 0 aromatic carbocycles. The molecule has 96 valence electrons. The molecular weight excluding hydrogens is 214 g/mol. The van der Waals surface area contributed by atoms with Crippen LogP contribution in [0.1, 0.15) is 51.9 Å². The van der Waals surface area contributed by atoms with Crippen molar-refractivity contribution in [2.75, 3.05) is 25.9 Å². The van der Waals surface area contributed by atoms with Crippen LogP contribution in [-0.2, 0) is 0 Å². The second kappa shape index (κ2) is 8.41. The quantitative estimate of drug-likeness (QED) is 0.665. The number of nitrogens with zero attached hydrogens (tertiary/aromatic N) is 1. The summed E-state index contributed by atoms with van der Waals surface area (Å²) in [7, 11) is 2.29. The Labute approximate surface area is 107 Å². The van der Waals surface area contributed by atoms with E-state index >= 15 is 0 Å². The first-order valence-electron chi connectivity index (χ1n) is 7.01. The van der Waals surface area contributed by atoms with Crippen LogP contribution in [-0.4, -0.2) is 30.8 Å². The van der Waals surface area contributed by atoms with Crippen molar-refractivity contribution in [3.63, 3.8) is 0 Å². The molecule has 0 aliphatic heterocycles. The van der Waals surface area contributed by atoms with E-state index < -0.39 is 0 Å². The van der Waals surface area contributed by atoms with Gasteiger partial charge in [-0.3, -0.25) is 0 Å². The van der Waals surface area contributed by atoms with Crippen molar-refractivity contribution >= 4 is 12.6 Å². The Balaban J connectivity index is 2.07. The summed E-state index contributed by atoms with van der Waals surface area (Å²) in [5.74, 6) is 2.86. The maximum atomic E-state index is 4.30. The normalized spacial score (nSPS) is 20.2. The first kappa shape index (κ1) is 14.4. The summed E-state index contributed by atoms with van der Waals surface area (Å²) in [6.45, 7) is 4.95. The highest BCUT2D eigenvalue weighted by molar-refractivity contribution is 7.80. The van der Waals surface area contributed by atoms with Gasteiger partial charge in [0.1, 0.15) is 0 Å². The summed E-state index contributed by atoms with van der Waals surface area (Å²) in [5, 5.41) is 0. The third-order valence-electron chi connectivity index (χ3n) is 3.92. The molecule has 0 aromatic rings. The number of hydrogen-bond donors (Lipinski definition) is 1. The lowest BCUT2D eigenvalue weighted by atomic mass is 9.89. The molecule has 1 nitrogen and oxygen atoms in total. The Morgan fingerprint density at radius 3 is 2.50 bits per heavy atom. The van der Waals surface area contributed by atoms with E-state index in [1.165, 1.54) is 58.0 Å². The van der Waals surface area contributed by atoms with E-state index in [2.05, 4.69) is 31.5 Å². The lowest BCUT2D eigenvalue weighted by Crippen LogP contribution is -2.28. The summed E-state index contributed by atoms with van der Waals surface area (Å²) < 4.78 is 0. The summed E-state index contributed by atoms with van der Waals surface area (Å²) in [4.78, 5) is 2.55. The van der Waals surface area contributed by atoms with Gasteiger partial charge in [-0.2, -0.15) is 12.6 Å². The smallest absolute Gasteiger partial charge is 0.000661 e. The van der Waals surface area contributed by atoms with Crippen LogP contribution < -0.4 is 0 Å². The number of rotatable bonds is 7. The predicted octanol–water partition coefficient (Wildman–Crippen LogP) is 3.84. The van der Waals surface area contributed by atoms with Gasteiger partial charge in [0.2, 0.25) is 0 Å². The molecule has 0 N–H and O–H groups in total. The van der Waals surface area contributed by atoms with E-state index in [4.69, 9.17) is 0 Å². The highest BCUT2D eigenvalue weighted by Crippen LogP contribution is 2.24. The van der Waals surface area contributed by atoms with Crippen molar-refractivity contribution in [2.24, 2.45) is 11.8 Å². The van der Waals surface area contributed by atoms with Crippen molar-refractivity contribution in [3.05, 3.63) is 0 Å². The topological polar surface area (TPSA) is 3.24 Å². The number of thiol groups is 1. The van der Waals surface area contributed by atoms with Gasteiger partial charge in [0, 0.05) is 6.54 Å². The molecule has 1 rings (SSSR count). The van der Waals surface area contributed by atoms with E-state index in [-0.39, 0.29) is 0 Å². The van der Waals surface area contributed by atoms with E-state index in [0.29, 0.717) is 0 Å². The standard InChI is InChI=1S/C14H29NS/c1-13(9-11-16)8-10-15(2)12-14-6-4-3-5-7-14/h13-14,16H,3-12H2,1-2H3. The first-order valence-corrected chi connectivity index (χ1v) is 7.65. The second-order valence-corrected chi connectivity index (χ2v) is 6.12. The average molecular weight is 243 g/mol. The largest absolute Gasteiger partial charge is 0.306 e. The van der Waals surface area contributed by atoms with Crippen molar-refractivity contribution < 1.29 is 0 Å². The fraction of sp³-hybridized carbons (Fsp3) is 1.00. The van der Waals surface area contributed by atoms with Gasteiger partial charge in [-0.25, -0.2) is 0 Å². The molecule has 1 unspecified atom stereocenters. The van der Waals surface area contributed by atoms with Gasteiger partial charge in [-0.05, 0) is 56.9 Å². The molecule has 1 saturated carbocycles.